The van der Waals surface area contributed by atoms with Crippen LogP contribution in [0.5, 0.6) is 0 Å². The molecule has 0 bridgehead atoms. The van der Waals surface area contributed by atoms with Crippen molar-refractivity contribution in [3.63, 3.8) is 0 Å². The van der Waals surface area contributed by atoms with E-state index >= 15 is 0 Å². The number of nitrogens with two attached hydrogens (primary N) is 1. The van der Waals surface area contributed by atoms with Crippen molar-refractivity contribution >= 4 is 44.2 Å². The molecule has 0 aliphatic rings. The lowest BCUT2D eigenvalue weighted by molar-refractivity contribution is -0.145. The molecule has 0 saturated carbocycles. The Balaban J connectivity index is 1.29. The summed E-state index contributed by atoms with van der Waals surface area (Å²) in [7, 11) is 0. The molecule has 0 unspecified atom stereocenters. The second-order valence-corrected chi connectivity index (χ2v) is 7.25. The van der Waals surface area contributed by atoms with E-state index in [0.717, 1.165) is 27.8 Å². The molecule has 0 amide bonds. The number of benzene rings is 2. The van der Waals surface area contributed by atoms with Crippen molar-refractivity contribution < 1.29 is 9.53 Å². The number of fused-ring (bicyclic) bond motifs is 2. The highest BCUT2D eigenvalue weighted by atomic mass is 32.1. The van der Waals surface area contributed by atoms with E-state index in [0.29, 0.717) is 24.5 Å². The Morgan fingerprint density at radius 2 is 1.78 bits per heavy atom. The lowest BCUT2D eigenvalue weighted by atomic mass is 10.2. The van der Waals surface area contributed by atoms with E-state index in [2.05, 4.69) is 21.0 Å². The average molecular weight is 378 g/mol. The van der Waals surface area contributed by atoms with E-state index < -0.39 is 0 Å². The van der Waals surface area contributed by atoms with Gasteiger partial charge in [0.25, 0.3) is 0 Å². The lowest BCUT2D eigenvalue weighted by Gasteiger charge is -2.06. The molecule has 0 spiro atoms. The van der Waals surface area contributed by atoms with Crippen LogP contribution in [0.3, 0.4) is 0 Å². The van der Waals surface area contributed by atoms with Crippen LogP contribution in [0.15, 0.2) is 48.5 Å². The molecular weight excluding hydrogens is 360 g/mol. The zero-order chi connectivity index (χ0) is 18.6. The van der Waals surface area contributed by atoms with E-state index in [1.165, 1.54) is 4.70 Å². The first-order valence-corrected chi connectivity index (χ1v) is 9.52. The maximum absolute atomic E-state index is 12.0. The lowest BCUT2D eigenvalue weighted by Crippen LogP contribution is -2.08. The van der Waals surface area contributed by atoms with Gasteiger partial charge in [-0.05, 0) is 37.1 Å². The Morgan fingerprint density at radius 3 is 2.63 bits per heavy atom. The van der Waals surface area contributed by atoms with Gasteiger partial charge in [0.2, 0.25) is 0 Å². The number of rotatable bonds is 6. The van der Waals surface area contributed by atoms with Crippen molar-refractivity contribution in [3.8, 4) is 0 Å². The summed E-state index contributed by atoms with van der Waals surface area (Å²) in [5, 5.41) is 1.83. The molecule has 7 heteroatoms. The van der Waals surface area contributed by atoms with Gasteiger partial charge in [0.15, 0.2) is 12.4 Å². The highest BCUT2D eigenvalue weighted by Gasteiger charge is 2.09. The molecule has 0 saturated heterocycles. The molecule has 0 atom stereocenters. The monoisotopic (exact) mass is 378 g/mol. The fourth-order valence-electron chi connectivity index (χ4n) is 2.84. The molecule has 0 aliphatic carbocycles. The maximum atomic E-state index is 12.0. The number of hydrogen-bond acceptors (Lipinski definition) is 7. The number of thiazole rings is 1. The van der Waals surface area contributed by atoms with E-state index in [9.17, 15) is 4.79 Å². The number of hydrogen-bond donors (Lipinski definition) is 1. The summed E-state index contributed by atoms with van der Waals surface area (Å²) in [5.41, 5.74) is 7.69. The fourth-order valence-corrected chi connectivity index (χ4v) is 3.85. The van der Waals surface area contributed by atoms with Gasteiger partial charge in [-0.25, -0.2) is 15.0 Å². The smallest absolute Gasteiger partial charge is 0.306 e. The Morgan fingerprint density at radius 1 is 1.00 bits per heavy atom. The summed E-state index contributed by atoms with van der Waals surface area (Å²) >= 11 is 1.66. The van der Waals surface area contributed by atoms with Gasteiger partial charge in [-0.15, -0.1) is 11.3 Å². The van der Waals surface area contributed by atoms with Gasteiger partial charge in [-0.1, -0.05) is 24.3 Å². The number of aromatic nitrogens is 3. The van der Waals surface area contributed by atoms with Gasteiger partial charge in [0.1, 0.15) is 5.82 Å². The molecule has 2 N–H and O–H groups in total. The number of aryl methyl sites for hydroxylation is 1. The molecule has 0 aliphatic heterocycles. The molecule has 0 fully saturated rings. The quantitative estimate of drug-likeness (QED) is 0.512. The summed E-state index contributed by atoms with van der Waals surface area (Å²) in [6, 6.07) is 15.5. The molecule has 2 aromatic carbocycles. The molecule has 4 rings (SSSR count). The third-order valence-corrected chi connectivity index (χ3v) is 5.25. The molecule has 6 nitrogen and oxygen atoms in total. The zero-order valence-electron chi connectivity index (χ0n) is 14.6. The van der Waals surface area contributed by atoms with Gasteiger partial charge >= 0.3 is 5.97 Å². The molecule has 4 aromatic rings. The molecule has 2 heterocycles. The van der Waals surface area contributed by atoms with Crippen LogP contribution in [0.25, 0.3) is 21.1 Å². The van der Waals surface area contributed by atoms with Gasteiger partial charge in [-0.3, -0.25) is 4.79 Å². The van der Waals surface area contributed by atoms with Crippen LogP contribution in [-0.4, -0.2) is 20.9 Å². The predicted molar refractivity (Wildman–Crippen MR) is 106 cm³/mol. The van der Waals surface area contributed by atoms with Gasteiger partial charge < -0.3 is 10.5 Å². The normalized spacial score (nSPS) is 11.1. The van der Waals surface area contributed by atoms with E-state index in [-0.39, 0.29) is 12.6 Å². The number of carbonyl (C=O) groups is 1. The number of ether oxygens (including phenoxy) is 1. The summed E-state index contributed by atoms with van der Waals surface area (Å²) in [5.74, 6) is 0.527. The maximum Gasteiger partial charge on any atom is 0.306 e. The van der Waals surface area contributed by atoms with Crippen LogP contribution in [-0.2, 0) is 22.6 Å². The second kappa shape index (κ2) is 7.67. The third-order valence-electron chi connectivity index (χ3n) is 4.15. The van der Waals surface area contributed by atoms with Crippen molar-refractivity contribution in [2.45, 2.75) is 25.9 Å². The van der Waals surface area contributed by atoms with E-state index in [1.54, 1.807) is 11.3 Å². The number of esters is 1. The predicted octanol–water partition coefficient (Wildman–Crippen LogP) is 3.89. The van der Waals surface area contributed by atoms with E-state index in [1.807, 2.05) is 42.5 Å². The van der Waals surface area contributed by atoms with Crippen LogP contribution < -0.4 is 5.73 Å². The first-order valence-electron chi connectivity index (χ1n) is 8.70. The summed E-state index contributed by atoms with van der Waals surface area (Å²) in [4.78, 5) is 25.2. The largest absolute Gasteiger partial charge is 0.457 e. The SMILES string of the molecule is Nc1nc(COC(=O)CCCc2nc3ccccc3s2)nc2ccccc12. The summed E-state index contributed by atoms with van der Waals surface area (Å²) in [6.45, 7) is 0.0228. The minimum atomic E-state index is -0.272. The van der Waals surface area contributed by atoms with Gasteiger partial charge in [0, 0.05) is 11.8 Å². The highest BCUT2D eigenvalue weighted by molar-refractivity contribution is 7.18. The summed E-state index contributed by atoms with van der Waals surface area (Å²) < 4.78 is 6.46. The number of carbonyl (C=O) groups excluding carboxylic acids is 1. The molecule has 2 aromatic heterocycles. The van der Waals surface area contributed by atoms with Crippen LogP contribution in [0.2, 0.25) is 0 Å². The van der Waals surface area contributed by atoms with Crippen LogP contribution in [0.1, 0.15) is 23.7 Å². The highest BCUT2D eigenvalue weighted by Crippen LogP contribution is 2.23. The van der Waals surface area contributed by atoms with E-state index in [4.69, 9.17) is 10.5 Å². The molecule has 27 heavy (non-hydrogen) atoms. The number of nitrogen functional groups attached to an aromatic ring is 1. The Bertz CT molecular complexity index is 1080. The van der Waals surface area contributed by atoms with Gasteiger partial charge in [0.05, 0.1) is 20.7 Å². The third kappa shape index (κ3) is 4.03. The zero-order valence-corrected chi connectivity index (χ0v) is 15.4. The van der Waals surface area contributed by atoms with Crippen molar-refractivity contribution in [2.24, 2.45) is 0 Å². The minimum absolute atomic E-state index is 0.0228. The second-order valence-electron chi connectivity index (χ2n) is 6.13. The number of anilines is 1. The number of nitrogens with zero attached hydrogens (tertiary/aromatic N) is 3. The Hall–Kier alpha value is -3.06. The van der Waals surface area contributed by atoms with Crippen molar-refractivity contribution in [1.29, 1.82) is 0 Å². The fraction of sp³-hybridized carbons (Fsp3) is 0.200. The number of para-hydroxylation sites is 2. The average Bonchev–Trinajstić information content (AvgIpc) is 3.09. The standard InChI is InChI=1S/C20H18N4O2S/c21-20-13-6-1-2-7-14(13)22-17(24-20)12-26-19(25)11-5-10-18-23-15-8-3-4-9-16(15)27-18/h1-4,6-9H,5,10-12H2,(H2,21,22,24). The first-order chi connectivity index (χ1) is 13.2. The van der Waals surface area contributed by atoms with Crippen molar-refractivity contribution in [3.05, 3.63) is 59.4 Å². The van der Waals surface area contributed by atoms with Crippen molar-refractivity contribution in [1.82, 2.24) is 15.0 Å². The topological polar surface area (TPSA) is 91.0 Å². The van der Waals surface area contributed by atoms with Crippen LogP contribution >= 0.6 is 11.3 Å². The molecule has 0 radical (unpaired) electrons. The van der Waals surface area contributed by atoms with Crippen molar-refractivity contribution in [2.75, 3.05) is 5.73 Å². The van der Waals surface area contributed by atoms with Crippen LogP contribution in [0.4, 0.5) is 5.82 Å². The molecular formula is C20H18N4O2S. The molecule has 136 valence electrons. The first kappa shape index (κ1) is 17.4. The summed E-state index contributed by atoms with van der Waals surface area (Å²) in [6.07, 6.45) is 1.78. The minimum Gasteiger partial charge on any atom is -0.457 e. The Kier molecular flexibility index (Phi) is 4.93. The van der Waals surface area contributed by atoms with Gasteiger partial charge in [-0.2, -0.15) is 0 Å². The Labute approximate surface area is 160 Å². The van der Waals surface area contributed by atoms with Crippen LogP contribution in [0, 0.1) is 0 Å².